The lowest BCUT2D eigenvalue weighted by Gasteiger charge is -2.23. The Morgan fingerprint density at radius 3 is 2.39 bits per heavy atom. The fraction of sp³-hybridized carbons (Fsp3) is 0.818. The minimum atomic E-state index is -1.16. The van der Waals surface area contributed by atoms with Crippen LogP contribution in [-0.4, -0.2) is 55.1 Å². The number of hydrogen-bond acceptors (Lipinski definition) is 6. The van der Waals surface area contributed by atoms with Crippen LogP contribution in [0.5, 0.6) is 0 Å². The van der Waals surface area contributed by atoms with Gasteiger partial charge in [-0.15, -0.1) is 0 Å². The molecular weight excluding hydrogens is 242 g/mol. The number of carbonyl (C=O) groups excluding carboxylic acids is 1. The molecule has 7 heteroatoms. The van der Waals surface area contributed by atoms with E-state index in [2.05, 4.69) is 0 Å². The first-order chi connectivity index (χ1) is 8.26. The maximum Gasteiger partial charge on any atom is 0.338 e. The summed E-state index contributed by atoms with van der Waals surface area (Å²) in [5.74, 6) is -1.82. The van der Waals surface area contributed by atoms with Crippen molar-refractivity contribution < 1.29 is 28.9 Å². The molecule has 0 bridgehead atoms. The van der Waals surface area contributed by atoms with Crippen LogP contribution in [0.2, 0.25) is 0 Å². The number of carboxylic acid groups (broad SMARTS) is 1. The third-order valence-corrected chi connectivity index (χ3v) is 1.61. The molecule has 18 heavy (non-hydrogen) atoms. The molecule has 0 saturated heterocycles. The van der Waals surface area contributed by atoms with Gasteiger partial charge in [0.05, 0.1) is 13.2 Å². The molecule has 1 unspecified atom stereocenters. The number of ether oxygens (including phenoxy) is 3. The van der Waals surface area contributed by atoms with Crippen molar-refractivity contribution in [3.63, 3.8) is 0 Å². The van der Waals surface area contributed by atoms with E-state index in [1.54, 1.807) is 20.8 Å². The number of hydrogen-bond donors (Lipinski definition) is 2. The van der Waals surface area contributed by atoms with Crippen LogP contribution < -0.4 is 5.73 Å². The highest BCUT2D eigenvalue weighted by Gasteiger charge is 2.26. The third-order valence-electron chi connectivity index (χ3n) is 1.61. The van der Waals surface area contributed by atoms with Gasteiger partial charge in [-0.3, -0.25) is 0 Å². The Morgan fingerprint density at radius 1 is 1.33 bits per heavy atom. The van der Waals surface area contributed by atoms with Crippen LogP contribution in [0.25, 0.3) is 0 Å². The highest BCUT2D eigenvalue weighted by atomic mass is 16.6. The SMILES string of the molecule is CC(C)(C)OC(=O)C(COCCN)OCC(=O)O. The molecule has 0 heterocycles. The highest BCUT2D eigenvalue weighted by molar-refractivity contribution is 5.76. The summed E-state index contributed by atoms with van der Waals surface area (Å²) in [6.07, 6.45) is -1.06. The van der Waals surface area contributed by atoms with E-state index in [4.69, 9.17) is 25.1 Å². The summed E-state index contributed by atoms with van der Waals surface area (Å²) in [5.41, 5.74) is 4.57. The van der Waals surface area contributed by atoms with E-state index < -0.39 is 30.3 Å². The van der Waals surface area contributed by atoms with Gasteiger partial charge in [-0.25, -0.2) is 9.59 Å². The van der Waals surface area contributed by atoms with Gasteiger partial charge < -0.3 is 25.1 Å². The first kappa shape index (κ1) is 16.8. The molecule has 3 N–H and O–H groups in total. The summed E-state index contributed by atoms with van der Waals surface area (Å²) in [6.45, 7) is 5.02. The third kappa shape index (κ3) is 8.91. The molecule has 0 aromatic carbocycles. The summed E-state index contributed by atoms with van der Waals surface area (Å²) in [6, 6.07) is 0. The molecular formula is C11H21NO6. The predicted molar refractivity (Wildman–Crippen MR) is 63.1 cm³/mol. The lowest BCUT2D eigenvalue weighted by molar-refractivity contribution is -0.174. The van der Waals surface area contributed by atoms with E-state index in [-0.39, 0.29) is 13.2 Å². The summed E-state index contributed by atoms with van der Waals surface area (Å²) in [7, 11) is 0. The van der Waals surface area contributed by atoms with Crippen LogP contribution in [0, 0.1) is 0 Å². The summed E-state index contributed by atoms with van der Waals surface area (Å²) < 4.78 is 15.1. The number of esters is 1. The maximum atomic E-state index is 11.7. The zero-order chi connectivity index (χ0) is 14.2. The fourth-order valence-electron chi connectivity index (χ4n) is 0.997. The van der Waals surface area contributed by atoms with Crippen molar-refractivity contribution in [1.82, 2.24) is 0 Å². The number of aliphatic carboxylic acids is 1. The summed E-state index contributed by atoms with van der Waals surface area (Å²) in [4.78, 5) is 22.1. The standard InChI is InChI=1S/C11H21NO6/c1-11(2,3)18-10(15)8(6-16-5-4-12)17-7-9(13)14/h8H,4-7,12H2,1-3H3,(H,13,14). The second kappa shape index (κ2) is 8.02. The first-order valence-electron chi connectivity index (χ1n) is 5.60. The van der Waals surface area contributed by atoms with Gasteiger partial charge in [-0.05, 0) is 20.8 Å². The predicted octanol–water partition coefficient (Wildman–Crippen LogP) is -0.227. The minimum absolute atomic E-state index is 0.0839. The van der Waals surface area contributed by atoms with E-state index in [0.717, 1.165) is 0 Å². The molecule has 0 aromatic heterocycles. The largest absolute Gasteiger partial charge is 0.480 e. The normalized spacial score (nSPS) is 13.1. The van der Waals surface area contributed by atoms with Crippen LogP contribution in [0.1, 0.15) is 20.8 Å². The topological polar surface area (TPSA) is 108 Å². The lowest BCUT2D eigenvalue weighted by atomic mass is 10.2. The number of nitrogens with two attached hydrogens (primary N) is 1. The van der Waals surface area contributed by atoms with E-state index >= 15 is 0 Å². The average Bonchev–Trinajstić information content (AvgIpc) is 2.20. The number of carbonyl (C=O) groups is 2. The zero-order valence-corrected chi connectivity index (χ0v) is 11.0. The zero-order valence-electron chi connectivity index (χ0n) is 11.0. The van der Waals surface area contributed by atoms with Crippen molar-refractivity contribution in [3.8, 4) is 0 Å². The number of rotatable bonds is 8. The van der Waals surface area contributed by atoms with E-state index in [1.165, 1.54) is 0 Å². The highest BCUT2D eigenvalue weighted by Crippen LogP contribution is 2.10. The molecule has 0 amide bonds. The van der Waals surface area contributed by atoms with Gasteiger partial charge in [0, 0.05) is 6.54 Å². The minimum Gasteiger partial charge on any atom is -0.480 e. The summed E-state index contributed by atoms with van der Waals surface area (Å²) >= 11 is 0. The molecule has 0 fully saturated rings. The molecule has 7 nitrogen and oxygen atoms in total. The van der Waals surface area contributed by atoms with Gasteiger partial charge in [0.2, 0.25) is 0 Å². The second-order valence-corrected chi connectivity index (χ2v) is 4.59. The Bertz CT molecular complexity index is 273. The van der Waals surface area contributed by atoms with E-state index in [0.29, 0.717) is 6.54 Å². The van der Waals surface area contributed by atoms with Crippen LogP contribution in [0.15, 0.2) is 0 Å². The van der Waals surface area contributed by atoms with Gasteiger partial charge in [0.1, 0.15) is 12.2 Å². The van der Waals surface area contributed by atoms with E-state index in [1.807, 2.05) is 0 Å². The summed E-state index contributed by atoms with van der Waals surface area (Å²) in [5, 5.41) is 8.51. The quantitative estimate of drug-likeness (QED) is 0.460. The van der Waals surface area contributed by atoms with Crippen molar-refractivity contribution in [2.75, 3.05) is 26.4 Å². The molecule has 0 aliphatic rings. The monoisotopic (exact) mass is 263 g/mol. The van der Waals surface area contributed by atoms with Gasteiger partial charge in [-0.1, -0.05) is 0 Å². The van der Waals surface area contributed by atoms with Crippen LogP contribution in [0.4, 0.5) is 0 Å². The van der Waals surface area contributed by atoms with Crippen LogP contribution >= 0.6 is 0 Å². The lowest BCUT2D eigenvalue weighted by Crippen LogP contribution is -2.37. The van der Waals surface area contributed by atoms with Crippen molar-refractivity contribution in [2.45, 2.75) is 32.5 Å². The number of carboxylic acids is 1. The van der Waals surface area contributed by atoms with Crippen LogP contribution in [-0.2, 0) is 23.8 Å². The van der Waals surface area contributed by atoms with Crippen LogP contribution in [0.3, 0.4) is 0 Å². The fourth-order valence-corrected chi connectivity index (χ4v) is 0.997. The Morgan fingerprint density at radius 2 is 1.94 bits per heavy atom. The van der Waals surface area contributed by atoms with Crippen molar-refractivity contribution >= 4 is 11.9 Å². The molecule has 0 rings (SSSR count). The molecule has 0 aliphatic carbocycles. The van der Waals surface area contributed by atoms with Gasteiger partial charge in [0.15, 0.2) is 6.10 Å². The van der Waals surface area contributed by atoms with Gasteiger partial charge >= 0.3 is 11.9 Å². The molecule has 0 radical (unpaired) electrons. The van der Waals surface area contributed by atoms with Gasteiger partial charge in [-0.2, -0.15) is 0 Å². The van der Waals surface area contributed by atoms with Gasteiger partial charge in [0.25, 0.3) is 0 Å². The molecule has 106 valence electrons. The Balaban J connectivity index is 4.33. The average molecular weight is 263 g/mol. The Labute approximate surface area is 106 Å². The van der Waals surface area contributed by atoms with Crippen molar-refractivity contribution in [2.24, 2.45) is 5.73 Å². The smallest absolute Gasteiger partial charge is 0.338 e. The molecule has 0 aliphatic heterocycles. The maximum absolute atomic E-state index is 11.7. The molecule has 0 spiro atoms. The molecule has 0 aromatic rings. The molecule has 0 saturated carbocycles. The molecule has 1 atom stereocenters. The first-order valence-corrected chi connectivity index (χ1v) is 5.60. The van der Waals surface area contributed by atoms with Crippen molar-refractivity contribution in [1.29, 1.82) is 0 Å². The van der Waals surface area contributed by atoms with E-state index in [9.17, 15) is 9.59 Å². The Hall–Kier alpha value is -1.18. The Kier molecular flexibility index (Phi) is 7.49. The second-order valence-electron chi connectivity index (χ2n) is 4.59. The van der Waals surface area contributed by atoms with Crippen molar-refractivity contribution in [3.05, 3.63) is 0 Å².